The minimum Gasteiger partial charge on any atom is -0.497 e. The van der Waals surface area contributed by atoms with Crippen molar-refractivity contribution in [1.82, 2.24) is 0 Å². The SMILES string of the molecule is CCc1ccccc1NC(=O)Cc1ccc(OC)cc1OC. The number of rotatable bonds is 6. The van der Waals surface area contributed by atoms with Gasteiger partial charge in [-0.05, 0) is 24.1 Å². The van der Waals surface area contributed by atoms with Crippen LogP contribution in [0.2, 0.25) is 0 Å². The van der Waals surface area contributed by atoms with Crippen LogP contribution in [0.4, 0.5) is 5.69 Å². The Morgan fingerprint density at radius 3 is 2.50 bits per heavy atom. The fourth-order valence-corrected chi connectivity index (χ4v) is 2.32. The van der Waals surface area contributed by atoms with Crippen molar-refractivity contribution in [2.75, 3.05) is 19.5 Å². The first-order valence-electron chi connectivity index (χ1n) is 7.26. The molecule has 1 N–H and O–H groups in total. The van der Waals surface area contributed by atoms with Gasteiger partial charge in [0.05, 0.1) is 20.6 Å². The summed E-state index contributed by atoms with van der Waals surface area (Å²) in [6.07, 6.45) is 1.13. The molecule has 0 radical (unpaired) electrons. The number of amides is 1. The minimum atomic E-state index is -0.0654. The molecule has 0 saturated heterocycles. The molecule has 4 nitrogen and oxygen atoms in total. The Bertz CT molecular complexity index is 653. The predicted molar refractivity (Wildman–Crippen MR) is 87.7 cm³/mol. The molecule has 0 aromatic heterocycles. The molecule has 0 atom stereocenters. The molecule has 0 bridgehead atoms. The molecule has 4 heteroatoms. The molecule has 2 aromatic rings. The molecule has 0 aliphatic heterocycles. The average Bonchev–Trinajstić information content (AvgIpc) is 2.55. The summed E-state index contributed by atoms with van der Waals surface area (Å²) in [5, 5.41) is 2.96. The maximum absolute atomic E-state index is 12.3. The van der Waals surface area contributed by atoms with E-state index in [4.69, 9.17) is 9.47 Å². The average molecular weight is 299 g/mol. The van der Waals surface area contributed by atoms with E-state index >= 15 is 0 Å². The summed E-state index contributed by atoms with van der Waals surface area (Å²) in [5.74, 6) is 1.29. The van der Waals surface area contributed by atoms with Gasteiger partial charge in [0.15, 0.2) is 0 Å². The number of anilines is 1. The highest BCUT2D eigenvalue weighted by atomic mass is 16.5. The Morgan fingerprint density at radius 2 is 1.82 bits per heavy atom. The molecule has 0 unspecified atom stereocenters. The molecule has 22 heavy (non-hydrogen) atoms. The lowest BCUT2D eigenvalue weighted by Crippen LogP contribution is -2.16. The van der Waals surface area contributed by atoms with Crippen molar-refractivity contribution in [3.63, 3.8) is 0 Å². The third kappa shape index (κ3) is 3.79. The first kappa shape index (κ1) is 15.9. The maximum Gasteiger partial charge on any atom is 0.228 e. The first-order valence-corrected chi connectivity index (χ1v) is 7.26. The van der Waals surface area contributed by atoms with E-state index in [0.717, 1.165) is 23.2 Å². The van der Waals surface area contributed by atoms with E-state index in [2.05, 4.69) is 12.2 Å². The van der Waals surface area contributed by atoms with Crippen LogP contribution in [0.15, 0.2) is 42.5 Å². The van der Waals surface area contributed by atoms with Crippen LogP contribution in [0.1, 0.15) is 18.1 Å². The molecular weight excluding hydrogens is 278 g/mol. The van der Waals surface area contributed by atoms with E-state index in [1.165, 1.54) is 0 Å². The molecule has 1 amide bonds. The Balaban J connectivity index is 2.12. The monoisotopic (exact) mass is 299 g/mol. The van der Waals surface area contributed by atoms with Crippen LogP contribution < -0.4 is 14.8 Å². The van der Waals surface area contributed by atoms with Crippen LogP contribution >= 0.6 is 0 Å². The highest BCUT2D eigenvalue weighted by Crippen LogP contribution is 2.25. The van der Waals surface area contributed by atoms with Crippen LogP contribution in [0.3, 0.4) is 0 Å². The Kier molecular flexibility index (Phi) is 5.42. The number of methoxy groups -OCH3 is 2. The molecule has 0 aliphatic rings. The van der Waals surface area contributed by atoms with Crippen LogP contribution in [0.5, 0.6) is 11.5 Å². The van der Waals surface area contributed by atoms with Gasteiger partial charge in [-0.3, -0.25) is 4.79 Å². The van der Waals surface area contributed by atoms with Gasteiger partial charge in [0.25, 0.3) is 0 Å². The second-order valence-electron chi connectivity index (χ2n) is 4.91. The summed E-state index contributed by atoms with van der Waals surface area (Å²) in [4.78, 5) is 12.3. The van der Waals surface area contributed by atoms with Crippen LogP contribution in [0.25, 0.3) is 0 Å². The fraction of sp³-hybridized carbons (Fsp3) is 0.278. The van der Waals surface area contributed by atoms with Gasteiger partial charge in [-0.15, -0.1) is 0 Å². The maximum atomic E-state index is 12.3. The summed E-state index contributed by atoms with van der Waals surface area (Å²) < 4.78 is 10.5. The van der Waals surface area contributed by atoms with Gasteiger partial charge in [0.1, 0.15) is 11.5 Å². The van der Waals surface area contributed by atoms with Gasteiger partial charge in [0.2, 0.25) is 5.91 Å². The minimum absolute atomic E-state index is 0.0654. The summed E-state index contributed by atoms with van der Waals surface area (Å²) in [6.45, 7) is 2.07. The van der Waals surface area contributed by atoms with Crippen molar-refractivity contribution < 1.29 is 14.3 Å². The summed E-state index contributed by atoms with van der Waals surface area (Å²) >= 11 is 0. The lowest BCUT2D eigenvalue weighted by molar-refractivity contribution is -0.115. The van der Waals surface area contributed by atoms with E-state index in [9.17, 15) is 4.79 Å². The highest BCUT2D eigenvalue weighted by molar-refractivity contribution is 5.93. The zero-order valence-corrected chi connectivity index (χ0v) is 13.2. The summed E-state index contributed by atoms with van der Waals surface area (Å²) in [6, 6.07) is 13.3. The number of ether oxygens (including phenoxy) is 2. The van der Waals surface area contributed by atoms with Crippen molar-refractivity contribution in [1.29, 1.82) is 0 Å². The van der Waals surface area contributed by atoms with Crippen LogP contribution in [-0.4, -0.2) is 20.1 Å². The third-order valence-corrected chi connectivity index (χ3v) is 3.52. The molecule has 2 aromatic carbocycles. The number of benzene rings is 2. The standard InChI is InChI=1S/C18H21NO3/c1-4-13-7-5-6-8-16(13)19-18(20)11-14-9-10-15(21-2)12-17(14)22-3/h5-10,12H,4,11H2,1-3H3,(H,19,20). The molecule has 116 valence electrons. The first-order chi connectivity index (χ1) is 10.7. The van der Waals surface area contributed by atoms with Crippen molar-refractivity contribution >= 4 is 11.6 Å². The Morgan fingerprint density at radius 1 is 1.05 bits per heavy atom. The lowest BCUT2D eigenvalue weighted by atomic mass is 10.1. The molecular formula is C18H21NO3. The highest BCUT2D eigenvalue weighted by Gasteiger charge is 2.11. The van der Waals surface area contributed by atoms with E-state index < -0.39 is 0 Å². The largest absolute Gasteiger partial charge is 0.497 e. The fourth-order valence-electron chi connectivity index (χ4n) is 2.32. The molecule has 2 rings (SSSR count). The number of para-hydroxylation sites is 1. The van der Waals surface area contributed by atoms with E-state index in [-0.39, 0.29) is 12.3 Å². The van der Waals surface area contributed by atoms with Crippen molar-refractivity contribution in [2.45, 2.75) is 19.8 Å². The number of carbonyl (C=O) groups excluding carboxylic acids is 1. The summed E-state index contributed by atoms with van der Waals surface area (Å²) in [7, 11) is 3.19. The number of carbonyl (C=O) groups is 1. The van der Waals surface area contributed by atoms with Gasteiger partial charge < -0.3 is 14.8 Å². The van der Waals surface area contributed by atoms with Crippen LogP contribution in [0, 0.1) is 0 Å². The summed E-state index contributed by atoms with van der Waals surface area (Å²) in [5.41, 5.74) is 2.81. The number of nitrogens with one attached hydrogen (secondary N) is 1. The second kappa shape index (κ2) is 7.50. The molecule has 0 spiro atoms. The van der Waals surface area contributed by atoms with Crippen molar-refractivity contribution in [3.8, 4) is 11.5 Å². The van der Waals surface area contributed by atoms with E-state index in [1.54, 1.807) is 20.3 Å². The molecule has 0 saturated carbocycles. The van der Waals surface area contributed by atoms with Gasteiger partial charge in [-0.1, -0.05) is 31.2 Å². The number of aryl methyl sites for hydroxylation is 1. The number of hydrogen-bond acceptors (Lipinski definition) is 3. The zero-order chi connectivity index (χ0) is 15.9. The molecule has 0 fully saturated rings. The number of hydrogen-bond donors (Lipinski definition) is 1. The van der Waals surface area contributed by atoms with Gasteiger partial charge in [-0.25, -0.2) is 0 Å². The van der Waals surface area contributed by atoms with Crippen molar-refractivity contribution in [2.24, 2.45) is 0 Å². The topological polar surface area (TPSA) is 47.6 Å². The zero-order valence-electron chi connectivity index (χ0n) is 13.2. The smallest absolute Gasteiger partial charge is 0.228 e. The quantitative estimate of drug-likeness (QED) is 0.888. The lowest BCUT2D eigenvalue weighted by Gasteiger charge is -2.12. The normalized spacial score (nSPS) is 10.1. The van der Waals surface area contributed by atoms with E-state index in [1.807, 2.05) is 36.4 Å². The Labute approximate surface area is 131 Å². The van der Waals surface area contributed by atoms with Gasteiger partial charge in [0, 0.05) is 17.3 Å². The third-order valence-electron chi connectivity index (χ3n) is 3.52. The predicted octanol–water partition coefficient (Wildman–Crippen LogP) is 3.45. The molecule has 0 aliphatic carbocycles. The second-order valence-corrected chi connectivity index (χ2v) is 4.91. The van der Waals surface area contributed by atoms with Crippen molar-refractivity contribution in [3.05, 3.63) is 53.6 Å². The molecule has 0 heterocycles. The Hall–Kier alpha value is -2.49. The van der Waals surface area contributed by atoms with Gasteiger partial charge in [-0.2, -0.15) is 0 Å². The van der Waals surface area contributed by atoms with E-state index in [0.29, 0.717) is 11.5 Å². The van der Waals surface area contributed by atoms with Crippen LogP contribution in [-0.2, 0) is 17.6 Å². The van der Waals surface area contributed by atoms with Gasteiger partial charge >= 0.3 is 0 Å².